The SMILES string of the molecule is NCCC(=O)N1CCCOCC1. The molecule has 4 nitrogen and oxygen atoms in total. The summed E-state index contributed by atoms with van der Waals surface area (Å²) in [5.74, 6) is 0.156. The second kappa shape index (κ2) is 5.11. The molecular weight excluding hydrogens is 156 g/mol. The Kier molecular flexibility index (Phi) is 4.04. The molecule has 70 valence electrons. The molecule has 0 radical (unpaired) electrons. The van der Waals surface area contributed by atoms with Crippen LogP contribution in [0.4, 0.5) is 0 Å². The summed E-state index contributed by atoms with van der Waals surface area (Å²) in [6.07, 6.45) is 1.40. The van der Waals surface area contributed by atoms with Crippen LogP contribution in [0.15, 0.2) is 0 Å². The number of nitrogens with zero attached hydrogens (tertiary/aromatic N) is 1. The molecule has 1 amide bonds. The van der Waals surface area contributed by atoms with E-state index < -0.39 is 0 Å². The third kappa shape index (κ3) is 2.79. The highest BCUT2D eigenvalue weighted by atomic mass is 16.5. The van der Waals surface area contributed by atoms with E-state index in [1.807, 2.05) is 4.90 Å². The van der Waals surface area contributed by atoms with Gasteiger partial charge in [-0.15, -0.1) is 0 Å². The van der Waals surface area contributed by atoms with Gasteiger partial charge in [-0.05, 0) is 6.42 Å². The molecule has 1 rings (SSSR count). The van der Waals surface area contributed by atoms with Crippen LogP contribution in [0.5, 0.6) is 0 Å². The quantitative estimate of drug-likeness (QED) is 0.615. The van der Waals surface area contributed by atoms with Crippen molar-refractivity contribution < 1.29 is 9.53 Å². The lowest BCUT2D eigenvalue weighted by Crippen LogP contribution is -2.34. The number of hydrogen-bond acceptors (Lipinski definition) is 3. The van der Waals surface area contributed by atoms with Crippen molar-refractivity contribution in [2.24, 2.45) is 5.73 Å². The van der Waals surface area contributed by atoms with Gasteiger partial charge in [-0.2, -0.15) is 0 Å². The zero-order valence-corrected chi connectivity index (χ0v) is 7.29. The maximum absolute atomic E-state index is 11.3. The van der Waals surface area contributed by atoms with E-state index in [0.717, 1.165) is 26.1 Å². The molecule has 0 atom stereocenters. The Morgan fingerprint density at radius 3 is 3.00 bits per heavy atom. The predicted octanol–water partition coefficient (Wildman–Crippen LogP) is -0.416. The van der Waals surface area contributed by atoms with E-state index in [9.17, 15) is 4.79 Å². The number of amides is 1. The zero-order valence-electron chi connectivity index (χ0n) is 7.29. The average molecular weight is 172 g/mol. The molecule has 2 N–H and O–H groups in total. The molecular formula is C8H16N2O2. The minimum atomic E-state index is 0.156. The molecule has 0 bridgehead atoms. The summed E-state index contributed by atoms with van der Waals surface area (Å²) in [4.78, 5) is 13.2. The predicted molar refractivity (Wildman–Crippen MR) is 45.7 cm³/mol. The second-order valence-corrected chi connectivity index (χ2v) is 2.89. The first-order valence-corrected chi connectivity index (χ1v) is 4.40. The Bertz CT molecular complexity index is 142. The van der Waals surface area contributed by atoms with E-state index in [4.69, 9.17) is 10.5 Å². The van der Waals surface area contributed by atoms with Crippen molar-refractivity contribution in [3.05, 3.63) is 0 Å². The lowest BCUT2D eigenvalue weighted by Gasteiger charge is -2.18. The van der Waals surface area contributed by atoms with Gasteiger partial charge in [0.05, 0.1) is 6.61 Å². The minimum Gasteiger partial charge on any atom is -0.380 e. The van der Waals surface area contributed by atoms with Gasteiger partial charge in [-0.3, -0.25) is 4.79 Å². The van der Waals surface area contributed by atoms with Crippen LogP contribution in [0, 0.1) is 0 Å². The Balaban J connectivity index is 2.32. The molecule has 0 aliphatic carbocycles. The first kappa shape index (κ1) is 9.48. The number of rotatable bonds is 2. The van der Waals surface area contributed by atoms with Crippen LogP contribution in [0.2, 0.25) is 0 Å². The largest absolute Gasteiger partial charge is 0.380 e. The van der Waals surface area contributed by atoms with Crippen LogP contribution in [-0.4, -0.2) is 43.7 Å². The maximum atomic E-state index is 11.3. The summed E-state index contributed by atoms with van der Waals surface area (Å²) >= 11 is 0. The highest BCUT2D eigenvalue weighted by Crippen LogP contribution is 2.00. The van der Waals surface area contributed by atoms with Gasteiger partial charge < -0.3 is 15.4 Å². The molecule has 0 spiro atoms. The van der Waals surface area contributed by atoms with Gasteiger partial charge in [0.1, 0.15) is 0 Å². The van der Waals surface area contributed by atoms with Crippen molar-refractivity contribution in [3.63, 3.8) is 0 Å². The lowest BCUT2D eigenvalue weighted by molar-refractivity contribution is -0.131. The second-order valence-electron chi connectivity index (χ2n) is 2.89. The van der Waals surface area contributed by atoms with Gasteiger partial charge in [-0.1, -0.05) is 0 Å². The zero-order chi connectivity index (χ0) is 8.81. The molecule has 0 aromatic rings. The smallest absolute Gasteiger partial charge is 0.223 e. The Morgan fingerprint density at radius 2 is 2.25 bits per heavy atom. The first-order chi connectivity index (χ1) is 5.84. The number of carbonyl (C=O) groups excluding carboxylic acids is 1. The number of carbonyl (C=O) groups is 1. The van der Waals surface area contributed by atoms with E-state index in [0.29, 0.717) is 19.6 Å². The molecule has 1 aliphatic heterocycles. The van der Waals surface area contributed by atoms with Crippen molar-refractivity contribution in [1.82, 2.24) is 4.90 Å². The highest BCUT2D eigenvalue weighted by molar-refractivity contribution is 5.76. The number of hydrogen-bond donors (Lipinski definition) is 1. The number of ether oxygens (including phenoxy) is 1. The third-order valence-corrected chi connectivity index (χ3v) is 1.93. The summed E-state index contributed by atoms with van der Waals surface area (Å²) in [6, 6.07) is 0. The van der Waals surface area contributed by atoms with Crippen LogP contribution < -0.4 is 5.73 Å². The summed E-state index contributed by atoms with van der Waals surface area (Å²) in [5, 5.41) is 0. The molecule has 0 unspecified atom stereocenters. The lowest BCUT2D eigenvalue weighted by atomic mass is 10.3. The van der Waals surface area contributed by atoms with Gasteiger partial charge in [0.15, 0.2) is 0 Å². The summed E-state index contributed by atoms with van der Waals surface area (Å²) in [7, 11) is 0. The van der Waals surface area contributed by atoms with E-state index in [1.54, 1.807) is 0 Å². The van der Waals surface area contributed by atoms with Crippen molar-refractivity contribution in [2.75, 3.05) is 32.8 Å². The highest BCUT2D eigenvalue weighted by Gasteiger charge is 2.13. The number of nitrogens with two attached hydrogens (primary N) is 1. The van der Waals surface area contributed by atoms with Crippen molar-refractivity contribution in [3.8, 4) is 0 Å². The standard InChI is InChI=1S/C8H16N2O2/c9-3-2-8(11)10-4-1-6-12-7-5-10/h1-7,9H2. The molecule has 1 fully saturated rings. The maximum Gasteiger partial charge on any atom is 0.223 e. The minimum absolute atomic E-state index is 0.156. The Hall–Kier alpha value is -0.610. The van der Waals surface area contributed by atoms with Gasteiger partial charge in [-0.25, -0.2) is 0 Å². The van der Waals surface area contributed by atoms with Crippen molar-refractivity contribution in [2.45, 2.75) is 12.8 Å². The fourth-order valence-electron chi connectivity index (χ4n) is 1.28. The van der Waals surface area contributed by atoms with Crippen molar-refractivity contribution in [1.29, 1.82) is 0 Å². The van der Waals surface area contributed by atoms with Crippen molar-refractivity contribution >= 4 is 5.91 Å². The van der Waals surface area contributed by atoms with Crippen LogP contribution in [-0.2, 0) is 9.53 Å². The van der Waals surface area contributed by atoms with Gasteiger partial charge in [0.25, 0.3) is 0 Å². The molecule has 12 heavy (non-hydrogen) atoms. The molecule has 4 heteroatoms. The van der Waals surface area contributed by atoms with E-state index in [-0.39, 0.29) is 5.91 Å². The van der Waals surface area contributed by atoms with E-state index in [1.165, 1.54) is 0 Å². The molecule has 0 saturated carbocycles. The summed E-state index contributed by atoms with van der Waals surface area (Å²) < 4.78 is 5.23. The molecule has 1 aliphatic rings. The van der Waals surface area contributed by atoms with Gasteiger partial charge >= 0.3 is 0 Å². The normalized spacial score (nSPS) is 18.9. The molecule has 1 heterocycles. The molecule has 0 aromatic heterocycles. The summed E-state index contributed by atoms with van der Waals surface area (Å²) in [6.45, 7) is 3.41. The first-order valence-electron chi connectivity index (χ1n) is 4.40. The van der Waals surface area contributed by atoms with Crippen LogP contribution in [0.25, 0.3) is 0 Å². The molecule has 0 aromatic carbocycles. The van der Waals surface area contributed by atoms with Gasteiger partial charge in [0, 0.05) is 32.7 Å². The average Bonchev–Trinajstić information content (AvgIpc) is 2.32. The Morgan fingerprint density at radius 1 is 1.42 bits per heavy atom. The van der Waals surface area contributed by atoms with E-state index in [2.05, 4.69) is 0 Å². The molecule has 1 saturated heterocycles. The fourth-order valence-corrected chi connectivity index (χ4v) is 1.28. The monoisotopic (exact) mass is 172 g/mol. The van der Waals surface area contributed by atoms with E-state index >= 15 is 0 Å². The topological polar surface area (TPSA) is 55.6 Å². The third-order valence-electron chi connectivity index (χ3n) is 1.93. The summed E-state index contributed by atoms with van der Waals surface area (Å²) in [5.41, 5.74) is 5.30. The Labute approximate surface area is 72.7 Å². The van der Waals surface area contributed by atoms with Crippen LogP contribution in [0.3, 0.4) is 0 Å². The fraction of sp³-hybridized carbons (Fsp3) is 0.875. The van der Waals surface area contributed by atoms with Gasteiger partial charge in [0.2, 0.25) is 5.91 Å². The van der Waals surface area contributed by atoms with Crippen LogP contribution in [0.1, 0.15) is 12.8 Å². The van der Waals surface area contributed by atoms with Crippen LogP contribution >= 0.6 is 0 Å².